The van der Waals surface area contributed by atoms with E-state index in [9.17, 15) is 9.59 Å². The molecule has 0 spiro atoms. The Bertz CT molecular complexity index is 971. The van der Waals surface area contributed by atoms with E-state index in [-0.39, 0.29) is 28.9 Å². The molecule has 0 radical (unpaired) electrons. The van der Waals surface area contributed by atoms with Gasteiger partial charge in [-0.1, -0.05) is 59.8 Å². The maximum Gasteiger partial charge on any atom is 0.307 e. The minimum absolute atomic E-state index is 0.00103. The molecule has 0 amide bonds. The number of fused-ring (bicyclic) bond motifs is 5. The van der Waals surface area contributed by atoms with Crippen LogP contribution in [0, 0.1) is 46.3 Å². The molecule has 8 atom stereocenters. The molecular formula is C32H48O4. The number of carbonyl (C=O) groups excluding carboxylic acids is 2. The van der Waals surface area contributed by atoms with Crippen LogP contribution < -0.4 is 0 Å². The molecule has 0 unspecified atom stereocenters. The number of ether oxygens (including phenoxy) is 2. The van der Waals surface area contributed by atoms with Crippen molar-refractivity contribution >= 4 is 11.9 Å². The summed E-state index contributed by atoms with van der Waals surface area (Å²) < 4.78 is 11.7. The third-order valence-corrected chi connectivity index (χ3v) is 10.5. The van der Waals surface area contributed by atoms with Crippen LogP contribution in [0.3, 0.4) is 0 Å². The van der Waals surface area contributed by atoms with Crippen LogP contribution in [0.15, 0.2) is 35.1 Å². The zero-order valence-electron chi connectivity index (χ0n) is 23.9. The third kappa shape index (κ3) is 4.86. The second kappa shape index (κ2) is 10.1. The zero-order valence-corrected chi connectivity index (χ0v) is 23.9. The summed E-state index contributed by atoms with van der Waals surface area (Å²) in [5, 5.41) is 0. The fourth-order valence-electron chi connectivity index (χ4n) is 8.18. The Morgan fingerprint density at radius 2 is 1.75 bits per heavy atom. The SMILES string of the molecule is CC(=O)OC1=C2C(=CC[C@H]3C[C@H](OC(C)=O)CC[C@]23C)[C@@H]2CC[C@H]([C@H](C)/C=C/[C@H](C)C(C)C)[C@]2(C)C1. The van der Waals surface area contributed by atoms with Crippen molar-refractivity contribution in [1.82, 2.24) is 0 Å². The number of hydrogen-bond donors (Lipinski definition) is 0. The lowest BCUT2D eigenvalue weighted by Crippen LogP contribution is -2.46. The molecule has 2 saturated carbocycles. The summed E-state index contributed by atoms with van der Waals surface area (Å²) in [6, 6.07) is 0. The van der Waals surface area contributed by atoms with Gasteiger partial charge in [-0.15, -0.1) is 0 Å². The van der Waals surface area contributed by atoms with Gasteiger partial charge in [0.1, 0.15) is 11.9 Å². The highest BCUT2D eigenvalue weighted by Crippen LogP contribution is 2.66. The van der Waals surface area contributed by atoms with E-state index in [4.69, 9.17) is 9.47 Å². The Hall–Kier alpha value is -1.84. The van der Waals surface area contributed by atoms with E-state index >= 15 is 0 Å². The summed E-state index contributed by atoms with van der Waals surface area (Å²) in [5.41, 5.74) is 2.82. The molecule has 0 aliphatic heterocycles. The molecule has 0 N–H and O–H groups in total. The zero-order chi connectivity index (χ0) is 26.4. The smallest absolute Gasteiger partial charge is 0.307 e. The Morgan fingerprint density at radius 1 is 1.03 bits per heavy atom. The normalized spacial score (nSPS) is 37.6. The molecule has 0 bridgehead atoms. The molecule has 0 heterocycles. The van der Waals surface area contributed by atoms with Crippen LogP contribution >= 0.6 is 0 Å². The largest absolute Gasteiger partial charge is 0.463 e. The maximum atomic E-state index is 12.3. The number of carbonyl (C=O) groups is 2. The van der Waals surface area contributed by atoms with Gasteiger partial charge in [0.2, 0.25) is 0 Å². The molecule has 2 fully saturated rings. The van der Waals surface area contributed by atoms with E-state index in [0.29, 0.717) is 35.5 Å². The van der Waals surface area contributed by atoms with Gasteiger partial charge in [-0.05, 0) is 96.0 Å². The van der Waals surface area contributed by atoms with Gasteiger partial charge >= 0.3 is 11.9 Å². The molecule has 4 aliphatic rings. The molecule has 4 rings (SSSR count). The van der Waals surface area contributed by atoms with Gasteiger partial charge in [0, 0.05) is 20.3 Å². The fraction of sp³-hybridized carbons (Fsp3) is 0.750. The van der Waals surface area contributed by atoms with Crippen LogP contribution in [0.4, 0.5) is 0 Å². The first-order chi connectivity index (χ1) is 16.9. The number of hydrogen-bond acceptors (Lipinski definition) is 4. The highest BCUT2D eigenvalue weighted by atomic mass is 16.5. The Labute approximate surface area is 219 Å². The van der Waals surface area contributed by atoms with Crippen molar-refractivity contribution < 1.29 is 19.1 Å². The van der Waals surface area contributed by atoms with E-state index in [0.717, 1.165) is 37.9 Å². The third-order valence-electron chi connectivity index (χ3n) is 10.5. The molecule has 4 aliphatic carbocycles. The first-order valence-corrected chi connectivity index (χ1v) is 14.3. The van der Waals surface area contributed by atoms with Crippen molar-refractivity contribution in [1.29, 1.82) is 0 Å². The van der Waals surface area contributed by atoms with E-state index < -0.39 is 0 Å². The van der Waals surface area contributed by atoms with Gasteiger partial charge in [0.05, 0.1) is 0 Å². The molecule has 0 aromatic carbocycles. The minimum atomic E-state index is -0.216. The topological polar surface area (TPSA) is 52.6 Å². The van der Waals surface area contributed by atoms with Gasteiger partial charge < -0.3 is 9.47 Å². The Kier molecular flexibility index (Phi) is 7.66. The van der Waals surface area contributed by atoms with E-state index in [1.807, 2.05) is 0 Å². The van der Waals surface area contributed by atoms with Crippen molar-refractivity contribution in [2.75, 3.05) is 0 Å². The van der Waals surface area contributed by atoms with Crippen molar-refractivity contribution in [2.45, 2.75) is 106 Å². The lowest BCUT2D eigenvalue weighted by molar-refractivity contribution is -0.150. The van der Waals surface area contributed by atoms with Gasteiger partial charge in [-0.3, -0.25) is 9.59 Å². The lowest BCUT2D eigenvalue weighted by atomic mass is 9.51. The second-order valence-electron chi connectivity index (χ2n) is 13.2. The summed E-state index contributed by atoms with van der Waals surface area (Å²) in [6.07, 6.45) is 14.3. The first-order valence-electron chi connectivity index (χ1n) is 14.3. The van der Waals surface area contributed by atoms with E-state index in [1.165, 1.54) is 37.8 Å². The first kappa shape index (κ1) is 27.2. The second-order valence-corrected chi connectivity index (χ2v) is 13.2. The number of allylic oxidation sites excluding steroid dienone is 6. The Balaban J connectivity index is 1.68. The molecular weight excluding hydrogens is 448 g/mol. The van der Waals surface area contributed by atoms with E-state index in [1.54, 1.807) is 0 Å². The molecule has 200 valence electrons. The fourth-order valence-corrected chi connectivity index (χ4v) is 8.18. The number of esters is 2. The van der Waals surface area contributed by atoms with Gasteiger partial charge in [-0.2, -0.15) is 0 Å². The Morgan fingerprint density at radius 3 is 2.39 bits per heavy atom. The molecule has 0 saturated heterocycles. The predicted octanol–water partition coefficient (Wildman–Crippen LogP) is 7.79. The van der Waals surface area contributed by atoms with Crippen molar-refractivity contribution in [3.8, 4) is 0 Å². The van der Waals surface area contributed by atoms with Gasteiger partial charge in [0.15, 0.2) is 0 Å². The summed E-state index contributed by atoms with van der Waals surface area (Å²) in [6.45, 7) is 17.1. The van der Waals surface area contributed by atoms with Crippen molar-refractivity contribution in [3.63, 3.8) is 0 Å². The van der Waals surface area contributed by atoms with Gasteiger partial charge in [0.25, 0.3) is 0 Å². The van der Waals surface area contributed by atoms with Gasteiger partial charge in [-0.25, -0.2) is 0 Å². The molecule has 36 heavy (non-hydrogen) atoms. The molecule has 4 nitrogen and oxygen atoms in total. The molecule has 0 aromatic rings. The summed E-state index contributed by atoms with van der Waals surface area (Å²) in [7, 11) is 0. The van der Waals surface area contributed by atoms with Crippen LogP contribution in [0.5, 0.6) is 0 Å². The van der Waals surface area contributed by atoms with Crippen LogP contribution in [0.2, 0.25) is 0 Å². The average molecular weight is 497 g/mol. The highest BCUT2D eigenvalue weighted by Gasteiger charge is 2.58. The minimum Gasteiger partial charge on any atom is -0.463 e. The van der Waals surface area contributed by atoms with Crippen LogP contribution in [-0.2, 0) is 19.1 Å². The molecule has 0 aromatic heterocycles. The standard InChI is InChI=1S/C32H48O4/c1-19(2)20(3)9-10-21(4)27-13-14-28-26-12-11-24-17-25(35-22(5)33)15-16-31(24,7)30(26)29(36-23(6)34)18-32(27,28)8/h9-10,12,19-21,24-25,27-28H,11,13-18H2,1-8H3/b10-9+/t20-,21+,24-,25+,27+,28-,31-,32-/m0/s1. The summed E-state index contributed by atoms with van der Waals surface area (Å²) in [4.78, 5) is 23.9. The summed E-state index contributed by atoms with van der Waals surface area (Å²) >= 11 is 0. The number of rotatable bonds is 6. The lowest BCUT2D eigenvalue weighted by Gasteiger charge is -2.54. The van der Waals surface area contributed by atoms with Crippen molar-refractivity contribution in [3.05, 3.63) is 35.1 Å². The van der Waals surface area contributed by atoms with Crippen LogP contribution in [0.25, 0.3) is 0 Å². The maximum absolute atomic E-state index is 12.3. The van der Waals surface area contributed by atoms with E-state index in [2.05, 4.69) is 59.8 Å². The highest BCUT2D eigenvalue weighted by molar-refractivity contribution is 5.68. The summed E-state index contributed by atoms with van der Waals surface area (Å²) in [5.74, 6) is 3.71. The quantitative estimate of drug-likeness (QED) is 0.278. The predicted molar refractivity (Wildman–Crippen MR) is 144 cm³/mol. The van der Waals surface area contributed by atoms with Crippen LogP contribution in [-0.4, -0.2) is 18.0 Å². The van der Waals surface area contributed by atoms with Crippen LogP contribution in [0.1, 0.15) is 100 Å². The average Bonchev–Trinajstić information content (AvgIpc) is 3.13. The van der Waals surface area contributed by atoms with Crippen molar-refractivity contribution in [2.24, 2.45) is 46.3 Å². The monoisotopic (exact) mass is 496 g/mol. The molecule has 4 heteroatoms.